The van der Waals surface area contributed by atoms with Gasteiger partial charge in [-0.3, -0.25) is 0 Å². The lowest BCUT2D eigenvalue weighted by atomic mass is 9.97. The minimum Gasteiger partial charge on any atom is -0.317 e. The largest absolute Gasteiger partial charge is 0.317 e. The van der Waals surface area contributed by atoms with Gasteiger partial charge in [0.05, 0.1) is 13.2 Å². The van der Waals surface area contributed by atoms with Gasteiger partial charge in [-0.1, -0.05) is 32.0 Å². The molecule has 0 aromatic heterocycles. The van der Waals surface area contributed by atoms with Crippen LogP contribution >= 0.6 is 8.53 Å². The number of benzene rings is 1. The SMILES string of the molecule is CCN(c1ccccc1)P1OCC(C)(C)CO1. The van der Waals surface area contributed by atoms with Crippen molar-refractivity contribution in [2.24, 2.45) is 5.41 Å². The molecule has 1 aromatic carbocycles. The Labute approximate surface area is 105 Å². The molecule has 0 atom stereocenters. The van der Waals surface area contributed by atoms with Gasteiger partial charge in [-0.25, -0.2) is 0 Å². The summed E-state index contributed by atoms with van der Waals surface area (Å²) in [6.07, 6.45) is 0. The minimum absolute atomic E-state index is 0.134. The van der Waals surface area contributed by atoms with Crippen LogP contribution in [0.4, 0.5) is 5.69 Å². The van der Waals surface area contributed by atoms with Crippen molar-refractivity contribution in [1.29, 1.82) is 0 Å². The molecule has 0 bridgehead atoms. The topological polar surface area (TPSA) is 21.7 Å². The van der Waals surface area contributed by atoms with Gasteiger partial charge in [0, 0.05) is 17.6 Å². The third kappa shape index (κ3) is 3.19. The molecule has 94 valence electrons. The second kappa shape index (κ2) is 5.34. The summed E-state index contributed by atoms with van der Waals surface area (Å²) in [7, 11) is -0.937. The maximum Gasteiger partial charge on any atom is 0.289 e. The van der Waals surface area contributed by atoms with Crippen LogP contribution in [0.3, 0.4) is 0 Å². The van der Waals surface area contributed by atoms with Gasteiger partial charge in [-0.15, -0.1) is 0 Å². The molecule has 0 aliphatic carbocycles. The summed E-state index contributed by atoms with van der Waals surface area (Å²) < 4.78 is 13.9. The molecule has 3 nitrogen and oxygen atoms in total. The van der Waals surface area contributed by atoms with E-state index in [0.29, 0.717) is 0 Å². The van der Waals surface area contributed by atoms with E-state index in [2.05, 4.69) is 37.6 Å². The molecule has 2 rings (SSSR count). The van der Waals surface area contributed by atoms with Crippen LogP contribution in [0.25, 0.3) is 0 Å². The number of nitrogens with zero attached hydrogens (tertiary/aromatic N) is 1. The quantitative estimate of drug-likeness (QED) is 0.764. The van der Waals surface area contributed by atoms with Gasteiger partial charge in [0.25, 0.3) is 8.53 Å². The predicted octanol–water partition coefficient (Wildman–Crippen LogP) is 3.81. The molecule has 1 aromatic rings. The highest BCUT2D eigenvalue weighted by Crippen LogP contribution is 2.50. The number of para-hydroxylation sites is 1. The zero-order valence-electron chi connectivity index (χ0n) is 10.7. The minimum atomic E-state index is -0.937. The van der Waals surface area contributed by atoms with E-state index >= 15 is 0 Å². The van der Waals surface area contributed by atoms with Crippen molar-refractivity contribution < 1.29 is 9.05 Å². The van der Waals surface area contributed by atoms with E-state index in [1.54, 1.807) is 0 Å². The molecule has 4 heteroatoms. The lowest BCUT2D eigenvalue weighted by Gasteiger charge is -2.38. The molecule has 1 aliphatic rings. The molecule has 0 N–H and O–H groups in total. The van der Waals surface area contributed by atoms with Crippen LogP contribution in [0, 0.1) is 5.41 Å². The second-order valence-corrected chi connectivity index (χ2v) is 6.48. The van der Waals surface area contributed by atoms with Crippen LogP contribution in [-0.4, -0.2) is 19.8 Å². The molecule has 1 saturated heterocycles. The van der Waals surface area contributed by atoms with Crippen molar-refractivity contribution in [2.45, 2.75) is 20.8 Å². The molecule has 1 heterocycles. The summed E-state index contributed by atoms with van der Waals surface area (Å²) in [5.41, 5.74) is 1.30. The van der Waals surface area contributed by atoms with Crippen LogP contribution in [0.1, 0.15) is 20.8 Å². The fourth-order valence-electron chi connectivity index (χ4n) is 1.67. The lowest BCUT2D eigenvalue weighted by molar-refractivity contribution is 0.0610. The fraction of sp³-hybridized carbons (Fsp3) is 0.538. The van der Waals surface area contributed by atoms with Crippen LogP contribution in [0.5, 0.6) is 0 Å². The van der Waals surface area contributed by atoms with E-state index in [0.717, 1.165) is 19.8 Å². The highest BCUT2D eigenvalue weighted by molar-refractivity contribution is 7.49. The van der Waals surface area contributed by atoms with Gasteiger partial charge in [0.2, 0.25) is 0 Å². The summed E-state index contributed by atoms with van der Waals surface area (Å²) in [6.45, 7) is 8.89. The van der Waals surface area contributed by atoms with Crippen LogP contribution in [-0.2, 0) is 9.05 Å². The average molecular weight is 253 g/mol. The highest BCUT2D eigenvalue weighted by atomic mass is 31.2. The van der Waals surface area contributed by atoms with Crippen molar-refractivity contribution in [1.82, 2.24) is 0 Å². The van der Waals surface area contributed by atoms with Crippen molar-refractivity contribution in [2.75, 3.05) is 24.4 Å². The van der Waals surface area contributed by atoms with Gasteiger partial charge >= 0.3 is 0 Å². The van der Waals surface area contributed by atoms with Crippen molar-refractivity contribution in [3.8, 4) is 0 Å². The number of hydrogen-bond acceptors (Lipinski definition) is 3. The third-order valence-corrected chi connectivity index (χ3v) is 4.29. The van der Waals surface area contributed by atoms with Gasteiger partial charge in [-0.05, 0) is 19.1 Å². The first-order valence-corrected chi connectivity index (χ1v) is 7.14. The first kappa shape index (κ1) is 12.8. The maximum absolute atomic E-state index is 5.87. The standard InChI is InChI=1S/C13H20NO2P/c1-4-14(12-8-6-5-7-9-12)17-15-10-13(2,3)11-16-17/h5-9H,4,10-11H2,1-3H3. The summed E-state index contributed by atoms with van der Waals surface area (Å²) in [4.78, 5) is 0. The highest BCUT2D eigenvalue weighted by Gasteiger charge is 2.32. The number of anilines is 1. The first-order valence-electron chi connectivity index (χ1n) is 6.01. The number of rotatable bonds is 3. The lowest BCUT2D eigenvalue weighted by Crippen LogP contribution is -2.32. The Morgan fingerprint density at radius 2 is 1.76 bits per heavy atom. The van der Waals surface area contributed by atoms with E-state index < -0.39 is 8.53 Å². The Kier molecular flexibility index (Phi) is 4.03. The Hall–Kier alpha value is -0.630. The van der Waals surface area contributed by atoms with Gasteiger partial charge in [0.1, 0.15) is 0 Å². The third-order valence-electron chi connectivity index (χ3n) is 2.68. The molecule has 0 saturated carbocycles. The van der Waals surface area contributed by atoms with Crippen molar-refractivity contribution >= 4 is 14.2 Å². The van der Waals surface area contributed by atoms with Crippen molar-refractivity contribution in [3.05, 3.63) is 30.3 Å². The normalized spacial score (nSPS) is 20.2. The molecule has 0 unspecified atom stereocenters. The van der Waals surface area contributed by atoms with E-state index in [9.17, 15) is 0 Å². The van der Waals surface area contributed by atoms with E-state index in [-0.39, 0.29) is 5.41 Å². The fourth-order valence-corrected chi connectivity index (χ4v) is 3.50. The Bertz CT molecular complexity index is 346. The summed E-state index contributed by atoms with van der Waals surface area (Å²) in [5.74, 6) is 0. The smallest absolute Gasteiger partial charge is 0.289 e. The Morgan fingerprint density at radius 3 is 2.29 bits per heavy atom. The zero-order chi connectivity index (χ0) is 12.3. The van der Waals surface area contributed by atoms with Crippen LogP contribution < -0.4 is 4.67 Å². The molecular weight excluding hydrogens is 233 g/mol. The van der Waals surface area contributed by atoms with Gasteiger partial charge in [-0.2, -0.15) is 0 Å². The second-order valence-electron chi connectivity index (χ2n) is 5.00. The molecule has 1 aliphatic heterocycles. The Balaban J connectivity index is 2.05. The van der Waals surface area contributed by atoms with E-state index in [4.69, 9.17) is 9.05 Å². The van der Waals surface area contributed by atoms with E-state index in [1.807, 2.05) is 18.2 Å². The summed E-state index contributed by atoms with van der Waals surface area (Å²) >= 11 is 0. The molecule has 17 heavy (non-hydrogen) atoms. The molecule has 0 spiro atoms. The van der Waals surface area contributed by atoms with Crippen molar-refractivity contribution in [3.63, 3.8) is 0 Å². The van der Waals surface area contributed by atoms with Crippen LogP contribution in [0.2, 0.25) is 0 Å². The predicted molar refractivity (Wildman–Crippen MR) is 72.1 cm³/mol. The van der Waals surface area contributed by atoms with Gasteiger partial charge in [0.15, 0.2) is 0 Å². The van der Waals surface area contributed by atoms with Crippen LogP contribution in [0.15, 0.2) is 30.3 Å². The Morgan fingerprint density at radius 1 is 1.18 bits per heavy atom. The molecular formula is C13H20NO2P. The monoisotopic (exact) mass is 253 g/mol. The molecule has 0 radical (unpaired) electrons. The average Bonchev–Trinajstić information content (AvgIpc) is 2.33. The maximum atomic E-state index is 5.87. The summed E-state index contributed by atoms with van der Waals surface area (Å²) in [6, 6.07) is 10.3. The van der Waals surface area contributed by atoms with Gasteiger partial charge < -0.3 is 13.7 Å². The molecule has 0 amide bonds. The number of hydrogen-bond donors (Lipinski definition) is 0. The molecule has 1 fully saturated rings. The first-order chi connectivity index (χ1) is 8.12. The van der Waals surface area contributed by atoms with E-state index in [1.165, 1.54) is 5.69 Å². The zero-order valence-corrected chi connectivity index (χ0v) is 11.6. The summed E-state index contributed by atoms with van der Waals surface area (Å²) in [5, 5.41) is 0.